The molecule has 112 valence electrons. The minimum absolute atomic E-state index is 0.0299. The van der Waals surface area contributed by atoms with Crippen molar-refractivity contribution < 1.29 is 4.79 Å². The number of fused-ring (bicyclic) bond motifs is 3. The number of hydrogen-bond donors (Lipinski definition) is 0. The number of pyridine rings is 1. The van der Waals surface area contributed by atoms with Gasteiger partial charge in [-0.15, -0.1) is 0 Å². The van der Waals surface area contributed by atoms with E-state index in [0.717, 1.165) is 37.4 Å². The van der Waals surface area contributed by atoms with Crippen molar-refractivity contribution in [1.29, 1.82) is 0 Å². The van der Waals surface area contributed by atoms with E-state index in [-0.39, 0.29) is 5.91 Å². The predicted octanol–water partition coefficient (Wildman–Crippen LogP) is 1.98. The molecule has 0 radical (unpaired) electrons. The van der Waals surface area contributed by atoms with Gasteiger partial charge in [0.05, 0.1) is 5.69 Å². The molecule has 1 saturated heterocycles. The predicted molar refractivity (Wildman–Crippen MR) is 81.5 cm³/mol. The van der Waals surface area contributed by atoms with E-state index >= 15 is 0 Å². The number of aromatic nitrogens is 3. The molecule has 1 fully saturated rings. The number of amides is 1. The van der Waals surface area contributed by atoms with Gasteiger partial charge < -0.3 is 4.90 Å². The van der Waals surface area contributed by atoms with Crippen molar-refractivity contribution >= 4 is 5.91 Å². The van der Waals surface area contributed by atoms with Crippen LogP contribution in [-0.2, 0) is 6.42 Å². The quantitative estimate of drug-likeness (QED) is 0.807. The van der Waals surface area contributed by atoms with Crippen molar-refractivity contribution in [2.75, 3.05) is 13.1 Å². The maximum Gasteiger partial charge on any atom is 0.272 e. The molecule has 0 unspecified atom stereocenters. The average Bonchev–Trinajstić information content (AvgIpc) is 2.99. The molecule has 0 saturated carbocycles. The Morgan fingerprint density at radius 1 is 1.27 bits per heavy atom. The van der Waals surface area contributed by atoms with E-state index in [0.29, 0.717) is 17.5 Å². The largest absolute Gasteiger partial charge is 0.336 e. The Morgan fingerprint density at radius 2 is 2.18 bits per heavy atom. The summed E-state index contributed by atoms with van der Waals surface area (Å²) in [4.78, 5) is 27.7. The maximum absolute atomic E-state index is 12.6. The molecular formula is C17H18N4O. The molecule has 5 heteroatoms. The van der Waals surface area contributed by atoms with Crippen molar-refractivity contribution in [3.05, 3.63) is 53.4 Å². The first-order valence-electron chi connectivity index (χ1n) is 7.75. The summed E-state index contributed by atoms with van der Waals surface area (Å²) in [5.41, 5.74) is 2.93. The standard InChI is InChI=1S/C17H18N4O/c1-11-19-8-12-5-6-13-9-21(10-14(13)16(12)20-11)17(22)15-4-2-3-7-18-15/h2-4,7-8,13-14H,5-6,9-10H2,1H3/t13-,14+/m1/s1. The smallest absolute Gasteiger partial charge is 0.272 e. The normalized spacial score (nSPS) is 23.0. The van der Waals surface area contributed by atoms with Gasteiger partial charge in [-0.2, -0.15) is 0 Å². The Hall–Kier alpha value is -2.30. The van der Waals surface area contributed by atoms with Crippen LogP contribution in [0, 0.1) is 12.8 Å². The lowest BCUT2D eigenvalue weighted by Crippen LogP contribution is -2.29. The van der Waals surface area contributed by atoms with Gasteiger partial charge in [0.15, 0.2) is 0 Å². The lowest BCUT2D eigenvalue weighted by Gasteiger charge is -2.25. The Balaban J connectivity index is 1.61. The monoisotopic (exact) mass is 294 g/mol. The highest BCUT2D eigenvalue weighted by molar-refractivity contribution is 5.92. The number of carbonyl (C=O) groups is 1. The Bertz CT molecular complexity index is 716. The van der Waals surface area contributed by atoms with E-state index < -0.39 is 0 Å². The fourth-order valence-corrected chi connectivity index (χ4v) is 3.66. The second-order valence-corrected chi connectivity index (χ2v) is 6.16. The highest BCUT2D eigenvalue weighted by Gasteiger charge is 2.40. The number of aryl methyl sites for hydroxylation is 2. The zero-order valence-corrected chi connectivity index (χ0v) is 12.6. The molecule has 2 aromatic heterocycles. The van der Waals surface area contributed by atoms with E-state index in [1.165, 1.54) is 5.56 Å². The summed E-state index contributed by atoms with van der Waals surface area (Å²) in [5.74, 6) is 1.70. The fourth-order valence-electron chi connectivity index (χ4n) is 3.66. The van der Waals surface area contributed by atoms with Crippen LogP contribution in [0.15, 0.2) is 30.6 Å². The second kappa shape index (κ2) is 5.16. The average molecular weight is 294 g/mol. The van der Waals surface area contributed by atoms with Crippen molar-refractivity contribution in [2.24, 2.45) is 5.92 Å². The lowest BCUT2D eigenvalue weighted by molar-refractivity contribution is 0.0780. The third-order valence-corrected chi connectivity index (χ3v) is 4.77. The summed E-state index contributed by atoms with van der Waals surface area (Å²) in [7, 11) is 0. The molecule has 1 amide bonds. The van der Waals surface area contributed by atoms with E-state index in [2.05, 4.69) is 15.0 Å². The van der Waals surface area contributed by atoms with Crippen LogP contribution in [0.25, 0.3) is 0 Å². The molecule has 0 spiro atoms. The van der Waals surface area contributed by atoms with Gasteiger partial charge in [0.2, 0.25) is 0 Å². The highest BCUT2D eigenvalue weighted by Crippen LogP contribution is 2.40. The Kier molecular flexibility index (Phi) is 3.13. The molecule has 4 rings (SSSR count). The molecule has 1 aliphatic carbocycles. The molecule has 0 aromatic carbocycles. The van der Waals surface area contributed by atoms with Crippen molar-refractivity contribution in [2.45, 2.75) is 25.7 Å². The molecule has 0 N–H and O–H groups in total. The fraction of sp³-hybridized carbons (Fsp3) is 0.412. The first kappa shape index (κ1) is 13.4. The van der Waals surface area contributed by atoms with Gasteiger partial charge >= 0.3 is 0 Å². The summed E-state index contributed by atoms with van der Waals surface area (Å²) in [6.07, 6.45) is 5.75. The van der Waals surface area contributed by atoms with Gasteiger partial charge in [-0.25, -0.2) is 9.97 Å². The molecule has 0 bridgehead atoms. The van der Waals surface area contributed by atoms with E-state index in [1.807, 2.05) is 30.2 Å². The minimum Gasteiger partial charge on any atom is -0.336 e. The SMILES string of the molecule is Cc1ncc2c(n1)[C@H]1CN(C(=O)c3ccccn3)C[C@H]1CC2. The van der Waals surface area contributed by atoms with E-state index in [4.69, 9.17) is 0 Å². The molecule has 2 atom stereocenters. The van der Waals surface area contributed by atoms with Gasteiger partial charge in [-0.1, -0.05) is 6.07 Å². The van der Waals surface area contributed by atoms with Crippen molar-refractivity contribution in [3.63, 3.8) is 0 Å². The Labute approximate surface area is 129 Å². The minimum atomic E-state index is 0.0299. The van der Waals surface area contributed by atoms with Gasteiger partial charge in [-0.3, -0.25) is 9.78 Å². The highest BCUT2D eigenvalue weighted by atomic mass is 16.2. The summed E-state index contributed by atoms with van der Waals surface area (Å²) in [6.45, 7) is 3.47. The van der Waals surface area contributed by atoms with Crippen LogP contribution in [0.2, 0.25) is 0 Å². The number of nitrogens with zero attached hydrogens (tertiary/aromatic N) is 4. The van der Waals surface area contributed by atoms with Crippen LogP contribution in [-0.4, -0.2) is 38.8 Å². The number of carbonyl (C=O) groups excluding carboxylic acids is 1. The second-order valence-electron chi connectivity index (χ2n) is 6.16. The summed E-state index contributed by atoms with van der Waals surface area (Å²) in [6, 6.07) is 5.47. The molecule has 2 aliphatic rings. The molecule has 22 heavy (non-hydrogen) atoms. The van der Waals surface area contributed by atoms with E-state index in [1.54, 1.807) is 12.3 Å². The Morgan fingerprint density at radius 3 is 3.00 bits per heavy atom. The van der Waals surface area contributed by atoms with E-state index in [9.17, 15) is 4.79 Å². The van der Waals surface area contributed by atoms with Crippen LogP contribution in [0.3, 0.4) is 0 Å². The van der Waals surface area contributed by atoms with Gasteiger partial charge in [0.25, 0.3) is 5.91 Å². The summed E-state index contributed by atoms with van der Waals surface area (Å²) in [5, 5.41) is 0. The molecule has 2 aromatic rings. The molecule has 5 nitrogen and oxygen atoms in total. The van der Waals surface area contributed by atoms with Crippen molar-refractivity contribution in [1.82, 2.24) is 19.9 Å². The number of hydrogen-bond acceptors (Lipinski definition) is 4. The topological polar surface area (TPSA) is 59.0 Å². The van der Waals surface area contributed by atoms with Crippen LogP contribution < -0.4 is 0 Å². The number of rotatable bonds is 1. The first-order chi connectivity index (χ1) is 10.7. The summed E-state index contributed by atoms with van der Waals surface area (Å²) >= 11 is 0. The number of likely N-dealkylation sites (tertiary alicyclic amines) is 1. The maximum atomic E-state index is 12.6. The van der Waals surface area contributed by atoms with Gasteiger partial charge in [0.1, 0.15) is 11.5 Å². The summed E-state index contributed by atoms with van der Waals surface area (Å²) < 4.78 is 0. The van der Waals surface area contributed by atoms with Crippen LogP contribution >= 0.6 is 0 Å². The van der Waals surface area contributed by atoms with Crippen LogP contribution in [0.4, 0.5) is 0 Å². The zero-order chi connectivity index (χ0) is 15.1. The molecular weight excluding hydrogens is 276 g/mol. The third-order valence-electron chi connectivity index (χ3n) is 4.77. The van der Waals surface area contributed by atoms with Gasteiger partial charge in [0, 0.05) is 31.4 Å². The van der Waals surface area contributed by atoms with Crippen LogP contribution in [0.5, 0.6) is 0 Å². The van der Waals surface area contributed by atoms with Crippen molar-refractivity contribution in [3.8, 4) is 0 Å². The zero-order valence-electron chi connectivity index (χ0n) is 12.6. The first-order valence-corrected chi connectivity index (χ1v) is 7.75. The molecule has 3 heterocycles. The van der Waals surface area contributed by atoms with Gasteiger partial charge in [-0.05, 0) is 43.4 Å². The lowest BCUT2D eigenvalue weighted by atomic mass is 9.80. The van der Waals surface area contributed by atoms with Crippen LogP contribution in [0.1, 0.15) is 39.9 Å². The molecule has 1 aliphatic heterocycles. The third kappa shape index (κ3) is 2.17.